The highest BCUT2D eigenvalue weighted by Crippen LogP contribution is 2.22. The molecule has 1 unspecified atom stereocenters. The third kappa shape index (κ3) is 2.84. The standard InChI is InChI=1S/C17H16N2O3/c1-19(2)15(12-8-4-3-5-9-12)21-17-18-14-11-7-6-10-13(14)16(20)22-17/h3-11,15H,1-2H3. The van der Waals surface area contributed by atoms with Crippen LogP contribution in [0.3, 0.4) is 0 Å². The van der Waals surface area contributed by atoms with Crippen molar-refractivity contribution < 1.29 is 9.15 Å². The first-order valence-electron chi connectivity index (χ1n) is 6.93. The lowest BCUT2D eigenvalue weighted by Crippen LogP contribution is -2.25. The number of benzene rings is 2. The number of aromatic nitrogens is 1. The van der Waals surface area contributed by atoms with Crippen molar-refractivity contribution in [3.05, 3.63) is 70.6 Å². The fourth-order valence-corrected chi connectivity index (χ4v) is 2.23. The summed E-state index contributed by atoms with van der Waals surface area (Å²) in [6.07, 6.45) is -0.427. The Morgan fingerprint density at radius 2 is 1.73 bits per heavy atom. The minimum absolute atomic E-state index is 0.0359. The Hall–Kier alpha value is -2.66. The zero-order valence-electron chi connectivity index (χ0n) is 12.4. The van der Waals surface area contributed by atoms with Crippen molar-refractivity contribution in [1.82, 2.24) is 9.88 Å². The normalized spacial score (nSPS) is 12.5. The highest BCUT2D eigenvalue weighted by atomic mass is 16.6. The number of hydrogen-bond donors (Lipinski definition) is 0. The van der Waals surface area contributed by atoms with Gasteiger partial charge in [0.15, 0.2) is 6.23 Å². The Labute approximate surface area is 127 Å². The third-order valence-corrected chi connectivity index (χ3v) is 3.28. The second kappa shape index (κ2) is 5.99. The van der Waals surface area contributed by atoms with Gasteiger partial charge in [0, 0.05) is 5.56 Å². The average molecular weight is 296 g/mol. The molecule has 0 N–H and O–H groups in total. The van der Waals surface area contributed by atoms with Crippen molar-refractivity contribution in [2.24, 2.45) is 0 Å². The van der Waals surface area contributed by atoms with Crippen LogP contribution in [0.15, 0.2) is 63.8 Å². The molecule has 0 aliphatic heterocycles. The fraction of sp³-hybridized carbons (Fsp3) is 0.176. The highest BCUT2D eigenvalue weighted by Gasteiger charge is 2.18. The van der Waals surface area contributed by atoms with E-state index >= 15 is 0 Å². The fourth-order valence-electron chi connectivity index (χ4n) is 2.23. The molecule has 0 radical (unpaired) electrons. The van der Waals surface area contributed by atoms with E-state index in [1.165, 1.54) is 0 Å². The van der Waals surface area contributed by atoms with Gasteiger partial charge in [0.2, 0.25) is 0 Å². The van der Waals surface area contributed by atoms with Crippen molar-refractivity contribution in [3.8, 4) is 6.08 Å². The first-order chi connectivity index (χ1) is 10.6. The lowest BCUT2D eigenvalue weighted by molar-refractivity contribution is 0.0321. The van der Waals surface area contributed by atoms with Gasteiger partial charge >= 0.3 is 11.7 Å². The number of nitrogens with zero attached hydrogens (tertiary/aromatic N) is 2. The summed E-state index contributed by atoms with van der Waals surface area (Å²) >= 11 is 0. The lowest BCUT2D eigenvalue weighted by Gasteiger charge is -2.24. The molecular formula is C17H16N2O3. The lowest BCUT2D eigenvalue weighted by atomic mass is 10.2. The molecule has 0 bridgehead atoms. The number of hydrogen-bond acceptors (Lipinski definition) is 5. The van der Waals surface area contributed by atoms with Crippen LogP contribution in [0.1, 0.15) is 11.8 Å². The van der Waals surface area contributed by atoms with Crippen LogP contribution in [-0.2, 0) is 0 Å². The van der Waals surface area contributed by atoms with Crippen LogP contribution in [0.4, 0.5) is 0 Å². The minimum atomic E-state index is -0.453. The molecule has 1 aromatic heterocycles. The first-order valence-corrected chi connectivity index (χ1v) is 6.93. The van der Waals surface area contributed by atoms with Gasteiger partial charge < -0.3 is 9.15 Å². The molecular weight excluding hydrogens is 280 g/mol. The van der Waals surface area contributed by atoms with Crippen LogP contribution in [0, 0.1) is 0 Å². The molecule has 3 aromatic rings. The zero-order chi connectivity index (χ0) is 15.5. The van der Waals surface area contributed by atoms with Crippen LogP contribution in [0.25, 0.3) is 10.9 Å². The Kier molecular flexibility index (Phi) is 3.89. The molecule has 112 valence electrons. The maximum absolute atomic E-state index is 12.0. The Bertz CT molecular complexity index is 828. The zero-order valence-corrected chi connectivity index (χ0v) is 12.4. The molecule has 0 spiro atoms. The van der Waals surface area contributed by atoms with Gasteiger partial charge in [-0.15, -0.1) is 0 Å². The smallest absolute Gasteiger partial charge is 0.398 e. The summed E-state index contributed by atoms with van der Waals surface area (Å²) in [6, 6.07) is 16.7. The summed E-state index contributed by atoms with van der Waals surface area (Å²) in [5, 5.41) is 0.441. The van der Waals surface area contributed by atoms with Gasteiger partial charge in [-0.2, -0.15) is 4.98 Å². The first kappa shape index (κ1) is 14.3. The molecule has 5 nitrogen and oxygen atoms in total. The van der Waals surface area contributed by atoms with E-state index in [0.717, 1.165) is 5.56 Å². The van der Waals surface area contributed by atoms with Crippen molar-refractivity contribution in [2.45, 2.75) is 6.23 Å². The predicted octanol–water partition coefficient (Wildman–Crippen LogP) is 2.83. The van der Waals surface area contributed by atoms with Crippen LogP contribution in [0.2, 0.25) is 0 Å². The Morgan fingerprint density at radius 3 is 2.45 bits per heavy atom. The summed E-state index contributed by atoms with van der Waals surface area (Å²) in [5.41, 5.74) is 1.05. The number of rotatable bonds is 4. The second-order valence-electron chi connectivity index (χ2n) is 5.13. The van der Waals surface area contributed by atoms with Gasteiger partial charge in [-0.25, -0.2) is 4.79 Å². The monoisotopic (exact) mass is 296 g/mol. The number of para-hydroxylation sites is 1. The van der Waals surface area contributed by atoms with Crippen LogP contribution in [0.5, 0.6) is 6.08 Å². The summed E-state index contributed by atoms with van der Waals surface area (Å²) in [5.74, 6) is 0. The molecule has 0 fully saturated rings. The summed E-state index contributed by atoms with van der Waals surface area (Å²) in [4.78, 5) is 18.1. The maximum atomic E-state index is 12.0. The minimum Gasteiger partial charge on any atom is -0.426 e. The van der Waals surface area contributed by atoms with Crippen molar-refractivity contribution in [2.75, 3.05) is 14.1 Å². The molecule has 1 atom stereocenters. The van der Waals surface area contributed by atoms with E-state index in [1.807, 2.05) is 55.4 Å². The van der Waals surface area contributed by atoms with E-state index in [1.54, 1.807) is 18.2 Å². The van der Waals surface area contributed by atoms with Gasteiger partial charge in [-0.1, -0.05) is 42.5 Å². The largest absolute Gasteiger partial charge is 0.426 e. The molecule has 0 aliphatic rings. The second-order valence-corrected chi connectivity index (χ2v) is 5.13. The summed E-state index contributed by atoms with van der Waals surface area (Å²) in [6.45, 7) is 0. The van der Waals surface area contributed by atoms with Crippen LogP contribution in [-0.4, -0.2) is 24.0 Å². The van der Waals surface area contributed by atoms with E-state index in [2.05, 4.69) is 4.98 Å². The Balaban J connectivity index is 1.98. The average Bonchev–Trinajstić information content (AvgIpc) is 2.53. The van der Waals surface area contributed by atoms with Gasteiger partial charge in [0.05, 0.1) is 10.9 Å². The number of ether oxygens (including phenoxy) is 1. The molecule has 0 saturated heterocycles. The summed E-state index contributed by atoms with van der Waals surface area (Å²) < 4.78 is 11.0. The van der Waals surface area contributed by atoms with E-state index < -0.39 is 11.9 Å². The predicted molar refractivity (Wildman–Crippen MR) is 83.8 cm³/mol. The van der Waals surface area contributed by atoms with Gasteiger partial charge in [0.25, 0.3) is 0 Å². The molecule has 0 amide bonds. The van der Waals surface area contributed by atoms with E-state index in [0.29, 0.717) is 10.9 Å². The molecule has 3 rings (SSSR count). The van der Waals surface area contributed by atoms with Crippen LogP contribution >= 0.6 is 0 Å². The van der Waals surface area contributed by atoms with Crippen molar-refractivity contribution in [1.29, 1.82) is 0 Å². The third-order valence-electron chi connectivity index (χ3n) is 3.28. The summed E-state index contributed by atoms with van der Waals surface area (Å²) in [7, 11) is 3.77. The van der Waals surface area contributed by atoms with E-state index in [4.69, 9.17) is 9.15 Å². The molecule has 5 heteroatoms. The quantitative estimate of drug-likeness (QED) is 0.693. The van der Waals surface area contributed by atoms with Gasteiger partial charge in [-0.05, 0) is 26.2 Å². The van der Waals surface area contributed by atoms with Crippen LogP contribution < -0.4 is 10.4 Å². The van der Waals surface area contributed by atoms with E-state index in [9.17, 15) is 4.79 Å². The van der Waals surface area contributed by atoms with Crippen molar-refractivity contribution >= 4 is 10.9 Å². The molecule has 2 aromatic carbocycles. The molecule has 0 aliphatic carbocycles. The SMILES string of the molecule is CN(C)C(Oc1nc2ccccc2c(=O)o1)c1ccccc1. The maximum Gasteiger partial charge on any atom is 0.398 e. The van der Waals surface area contributed by atoms with Crippen molar-refractivity contribution in [3.63, 3.8) is 0 Å². The highest BCUT2D eigenvalue weighted by molar-refractivity contribution is 5.76. The Morgan fingerprint density at radius 1 is 1.05 bits per heavy atom. The molecule has 22 heavy (non-hydrogen) atoms. The van der Waals surface area contributed by atoms with Gasteiger partial charge in [-0.3, -0.25) is 4.90 Å². The van der Waals surface area contributed by atoms with Gasteiger partial charge in [0.1, 0.15) is 0 Å². The van der Waals surface area contributed by atoms with E-state index in [-0.39, 0.29) is 6.08 Å². The molecule has 1 heterocycles. The molecule has 0 saturated carbocycles. The topological polar surface area (TPSA) is 55.6 Å². The number of fused-ring (bicyclic) bond motifs is 1.